The molecule has 1 heterocycles. The van der Waals surface area contributed by atoms with E-state index in [2.05, 4.69) is 44.8 Å². The molecule has 0 aliphatic heterocycles. The van der Waals surface area contributed by atoms with E-state index in [1.54, 1.807) is 0 Å². The lowest BCUT2D eigenvalue weighted by Crippen LogP contribution is -2.06. The average Bonchev–Trinajstić information content (AvgIpc) is 2.78. The van der Waals surface area contributed by atoms with E-state index in [9.17, 15) is 0 Å². The van der Waals surface area contributed by atoms with Gasteiger partial charge in [0.25, 0.3) is 0 Å². The van der Waals surface area contributed by atoms with Gasteiger partial charge < -0.3 is 0 Å². The van der Waals surface area contributed by atoms with Crippen molar-refractivity contribution in [2.24, 2.45) is 0 Å². The quantitative estimate of drug-likeness (QED) is 0.678. The van der Waals surface area contributed by atoms with Crippen molar-refractivity contribution in [1.29, 1.82) is 0 Å². The highest BCUT2D eigenvalue weighted by Gasteiger charge is 2.12. The van der Waals surface area contributed by atoms with Crippen LogP contribution in [0.1, 0.15) is 36.4 Å². The zero-order chi connectivity index (χ0) is 13.7. The third-order valence-electron chi connectivity index (χ3n) is 3.13. The van der Waals surface area contributed by atoms with Crippen LogP contribution in [-0.4, -0.2) is 9.78 Å². The van der Waals surface area contributed by atoms with Gasteiger partial charge in [-0.25, -0.2) is 0 Å². The number of hydrogen-bond acceptors (Lipinski definition) is 1. The van der Waals surface area contributed by atoms with E-state index in [0.29, 0.717) is 0 Å². The van der Waals surface area contributed by atoms with E-state index >= 15 is 0 Å². The summed E-state index contributed by atoms with van der Waals surface area (Å²) in [6, 6.07) is 10.2. The minimum atomic E-state index is 0.0538. The monoisotopic (exact) mass is 340 g/mol. The van der Waals surface area contributed by atoms with Gasteiger partial charge in [-0.3, -0.25) is 4.68 Å². The first kappa shape index (κ1) is 14.6. The molecule has 0 radical (unpaired) electrons. The summed E-state index contributed by atoms with van der Waals surface area (Å²) in [5, 5.41) is 4.44. The molecule has 0 N–H and O–H groups in total. The maximum absolute atomic E-state index is 6.46. The van der Waals surface area contributed by atoms with Gasteiger partial charge >= 0.3 is 0 Å². The largest absolute Gasteiger partial charge is 0.268 e. The summed E-state index contributed by atoms with van der Waals surface area (Å²) in [5.74, 6) is 0. The second-order valence-corrected chi connectivity index (χ2v) is 5.96. The third-order valence-corrected chi connectivity index (χ3v) is 4.26. The Balaban J connectivity index is 2.00. The Hall–Kier alpha value is -0.800. The predicted molar refractivity (Wildman–Crippen MR) is 83.6 cm³/mol. The molecule has 0 amide bonds. The van der Waals surface area contributed by atoms with Crippen molar-refractivity contribution >= 4 is 27.5 Å². The molecule has 1 atom stereocenters. The summed E-state index contributed by atoms with van der Waals surface area (Å²) in [6.07, 6.45) is 4.81. The summed E-state index contributed by atoms with van der Waals surface area (Å²) < 4.78 is 3.15. The fraction of sp³-hybridized carbons (Fsp3) is 0.400. The van der Waals surface area contributed by atoms with Gasteiger partial charge in [-0.1, -0.05) is 37.3 Å². The SMILES string of the molecule is CCCn1ncc(Br)c1CCC(Cl)c1ccccc1. The number of alkyl halides is 1. The van der Waals surface area contributed by atoms with Gasteiger partial charge in [0.2, 0.25) is 0 Å². The van der Waals surface area contributed by atoms with Crippen LogP contribution in [0.3, 0.4) is 0 Å². The normalized spacial score (nSPS) is 12.6. The van der Waals surface area contributed by atoms with Crippen molar-refractivity contribution in [3.63, 3.8) is 0 Å². The molecular formula is C15H18BrClN2. The maximum Gasteiger partial charge on any atom is 0.0635 e. The van der Waals surface area contributed by atoms with Gasteiger partial charge in [0, 0.05) is 6.54 Å². The zero-order valence-corrected chi connectivity index (χ0v) is 13.4. The standard InChI is InChI=1S/C15H18BrClN2/c1-2-10-19-15(13(16)11-18-19)9-8-14(17)12-6-4-3-5-7-12/h3-7,11,14H,2,8-10H2,1H3. The first-order valence-corrected chi connectivity index (χ1v) is 7.84. The van der Waals surface area contributed by atoms with E-state index in [4.69, 9.17) is 11.6 Å². The number of aromatic nitrogens is 2. The lowest BCUT2D eigenvalue weighted by atomic mass is 10.1. The molecule has 1 unspecified atom stereocenters. The Morgan fingerprint density at radius 3 is 2.74 bits per heavy atom. The van der Waals surface area contributed by atoms with Crippen molar-refractivity contribution < 1.29 is 0 Å². The second-order valence-electron chi connectivity index (χ2n) is 4.58. The smallest absolute Gasteiger partial charge is 0.0635 e. The number of aryl methyl sites for hydroxylation is 1. The molecule has 0 fully saturated rings. The molecule has 0 saturated carbocycles. The lowest BCUT2D eigenvalue weighted by molar-refractivity contribution is 0.564. The van der Waals surface area contributed by atoms with Crippen LogP contribution in [-0.2, 0) is 13.0 Å². The number of hydrogen-bond donors (Lipinski definition) is 0. The summed E-state index contributed by atoms with van der Waals surface area (Å²) in [5.41, 5.74) is 2.42. The summed E-state index contributed by atoms with van der Waals surface area (Å²) in [7, 11) is 0. The van der Waals surface area contributed by atoms with Crippen LogP contribution in [0.4, 0.5) is 0 Å². The van der Waals surface area contributed by atoms with E-state index in [1.165, 1.54) is 11.3 Å². The fourth-order valence-electron chi connectivity index (χ4n) is 2.13. The summed E-state index contributed by atoms with van der Waals surface area (Å²) >= 11 is 10.0. The Kier molecular flexibility index (Phi) is 5.46. The lowest BCUT2D eigenvalue weighted by Gasteiger charge is -2.11. The van der Waals surface area contributed by atoms with Crippen molar-refractivity contribution in [1.82, 2.24) is 9.78 Å². The molecule has 2 aromatic rings. The molecule has 1 aromatic heterocycles. The molecule has 102 valence electrons. The highest BCUT2D eigenvalue weighted by atomic mass is 79.9. The van der Waals surface area contributed by atoms with Gasteiger partial charge in [-0.2, -0.15) is 5.10 Å². The highest BCUT2D eigenvalue weighted by molar-refractivity contribution is 9.10. The third kappa shape index (κ3) is 3.83. The summed E-state index contributed by atoms with van der Waals surface area (Å²) in [4.78, 5) is 0. The second kappa shape index (κ2) is 7.11. The van der Waals surface area contributed by atoms with Crippen molar-refractivity contribution in [2.45, 2.75) is 38.1 Å². The first-order chi connectivity index (χ1) is 9.22. The van der Waals surface area contributed by atoms with Crippen LogP contribution >= 0.6 is 27.5 Å². The Morgan fingerprint density at radius 2 is 2.05 bits per heavy atom. The summed E-state index contributed by atoms with van der Waals surface area (Å²) in [6.45, 7) is 3.12. The molecule has 0 spiro atoms. The molecule has 1 aromatic carbocycles. The van der Waals surface area contributed by atoms with Crippen molar-refractivity contribution in [2.75, 3.05) is 0 Å². The van der Waals surface area contributed by atoms with E-state index in [1.807, 2.05) is 24.4 Å². The van der Waals surface area contributed by atoms with Gasteiger partial charge in [-0.15, -0.1) is 11.6 Å². The number of halogens is 2. The minimum Gasteiger partial charge on any atom is -0.268 e. The molecule has 19 heavy (non-hydrogen) atoms. The van der Waals surface area contributed by atoms with Gasteiger partial charge in [0.05, 0.1) is 21.7 Å². The van der Waals surface area contributed by atoms with Gasteiger partial charge in [0.15, 0.2) is 0 Å². The average molecular weight is 342 g/mol. The topological polar surface area (TPSA) is 17.8 Å². The molecule has 0 bridgehead atoms. The van der Waals surface area contributed by atoms with Crippen LogP contribution in [0.15, 0.2) is 41.0 Å². The maximum atomic E-state index is 6.46. The zero-order valence-electron chi connectivity index (χ0n) is 11.0. The molecule has 0 aliphatic carbocycles. The van der Waals surface area contributed by atoms with Crippen molar-refractivity contribution in [3.05, 3.63) is 52.3 Å². The van der Waals surface area contributed by atoms with Gasteiger partial charge in [0.1, 0.15) is 0 Å². The first-order valence-electron chi connectivity index (χ1n) is 6.61. The Morgan fingerprint density at radius 1 is 1.32 bits per heavy atom. The van der Waals surface area contributed by atoms with Crippen LogP contribution in [0.2, 0.25) is 0 Å². The Labute approximate surface area is 127 Å². The van der Waals surface area contributed by atoms with E-state index in [0.717, 1.165) is 30.3 Å². The van der Waals surface area contributed by atoms with E-state index in [-0.39, 0.29) is 5.38 Å². The van der Waals surface area contributed by atoms with E-state index < -0.39 is 0 Å². The van der Waals surface area contributed by atoms with Gasteiger partial charge in [-0.05, 0) is 40.8 Å². The number of nitrogens with zero attached hydrogens (tertiary/aromatic N) is 2. The Bertz CT molecular complexity index is 510. The molecule has 4 heteroatoms. The molecule has 0 saturated heterocycles. The minimum absolute atomic E-state index is 0.0538. The van der Waals surface area contributed by atoms with Crippen LogP contribution in [0.5, 0.6) is 0 Å². The molecule has 0 aliphatic rings. The molecule has 2 rings (SSSR count). The number of rotatable bonds is 6. The predicted octanol–water partition coefficient (Wildman–Crippen LogP) is 4.97. The fourth-order valence-corrected chi connectivity index (χ4v) is 2.88. The highest BCUT2D eigenvalue weighted by Crippen LogP contribution is 2.27. The van der Waals surface area contributed by atoms with Crippen LogP contribution in [0.25, 0.3) is 0 Å². The van der Waals surface area contributed by atoms with Crippen LogP contribution in [0, 0.1) is 0 Å². The van der Waals surface area contributed by atoms with Crippen molar-refractivity contribution in [3.8, 4) is 0 Å². The number of benzene rings is 1. The van der Waals surface area contributed by atoms with Crippen LogP contribution < -0.4 is 0 Å². The molecule has 2 nitrogen and oxygen atoms in total. The molecular weight excluding hydrogens is 324 g/mol.